The Morgan fingerprint density at radius 2 is 2.12 bits per heavy atom. The number of ether oxygens (including phenoxy) is 1. The maximum absolute atomic E-state index is 8.99. The molecule has 0 fully saturated rings. The van der Waals surface area contributed by atoms with Gasteiger partial charge in [0.05, 0.1) is 10.4 Å². The molecule has 0 saturated heterocycles. The van der Waals surface area contributed by atoms with Crippen molar-refractivity contribution >= 4 is 27.3 Å². The van der Waals surface area contributed by atoms with E-state index in [1.807, 2.05) is 30.3 Å². The summed E-state index contributed by atoms with van der Waals surface area (Å²) in [4.78, 5) is 0. The Bertz CT molecular complexity index is 468. The molecule has 0 amide bonds. The zero-order chi connectivity index (χ0) is 11.4. The highest BCUT2D eigenvalue weighted by atomic mass is 79.9. The standard InChI is InChI=1S/C12H11BrO2S/c13-12-5-10(8-16-12)7-15-11-3-1-2-9(4-11)6-14/h1-5,8,14H,6-7H2. The third-order valence-corrected chi connectivity index (χ3v) is 3.66. The third kappa shape index (κ3) is 3.07. The molecule has 0 unspecified atom stereocenters. The Labute approximate surface area is 107 Å². The molecular weight excluding hydrogens is 288 g/mol. The topological polar surface area (TPSA) is 29.5 Å². The van der Waals surface area contributed by atoms with E-state index in [0.29, 0.717) is 6.61 Å². The predicted octanol–water partition coefficient (Wildman–Crippen LogP) is 3.58. The average molecular weight is 299 g/mol. The summed E-state index contributed by atoms with van der Waals surface area (Å²) in [7, 11) is 0. The van der Waals surface area contributed by atoms with Gasteiger partial charge in [0, 0.05) is 5.56 Å². The number of benzene rings is 1. The fourth-order valence-electron chi connectivity index (χ4n) is 1.32. The molecule has 0 radical (unpaired) electrons. The minimum absolute atomic E-state index is 0.0429. The van der Waals surface area contributed by atoms with Crippen LogP contribution in [0.3, 0.4) is 0 Å². The lowest BCUT2D eigenvalue weighted by Crippen LogP contribution is -1.94. The van der Waals surface area contributed by atoms with E-state index in [4.69, 9.17) is 9.84 Å². The Balaban J connectivity index is 1.99. The van der Waals surface area contributed by atoms with Crippen LogP contribution in [0.5, 0.6) is 5.75 Å². The van der Waals surface area contributed by atoms with Gasteiger partial charge in [-0.3, -0.25) is 0 Å². The van der Waals surface area contributed by atoms with E-state index in [1.165, 1.54) is 0 Å². The highest BCUT2D eigenvalue weighted by Gasteiger charge is 1.99. The molecule has 2 aromatic rings. The number of thiophene rings is 1. The molecule has 0 atom stereocenters. The van der Waals surface area contributed by atoms with Crippen LogP contribution in [-0.4, -0.2) is 5.11 Å². The zero-order valence-electron chi connectivity index (χ0n) is 8.52. The van der Waals surface area contributed by atoms with Crippen molar-refractivity contribution in [3.8, 4) is 5.75 Å². The van der Waals surface area contributed by atoms with Gasteiger partial charge in [0.15, 0.2) is 0 Å². The fraction of sp³-hybridized carbons (Fsp3) is 0.167. The minimum Gasteiger partial charge on any atom is -0.489 e. The molecular formula is C12H11BrO2S. The second-order valence-corrected chi connectivity index (χ2v) is 5.64. The normalized spacial score (nSPS) is 10.4. The van der Waals surface area contributed by atoms with Crippen molar-refractivity contribution in [1.29, 1.82) is 0 Å². The van der Waals surface area contributed by atoms with E-state index < -0.39 is 0 Å². The lowest BCUT2D eigenvalue weighted by molar-refractivity contribution is 0.278. The van der Waals surface area contributed by atoms with Gasteiger partial charge in [-0.1, -0.05) is 12.1 Å². The van der Waals surface area contributed by atoms with E-state index in [1.54, 1.807) is 11.3 Å². The number of rotatable bonds is 4. The molecule has 0 bridgehead atoms. The first-order valence-electron chi connectivity index (χ1n) is 4.83. The number of hydrogen-bond acceptors (Lipinski definition) is 3. The van der Waals surface area contributed by atoms with Crippen molar-refractivity contribution in [1.82, 2.24) is 0 Å². The second-order valence-electron chi connectivity index (χ2n) is 3.35. The van der Waals surface area contributed by atoms with Crippen LogP contribution < -0.4 is 4.74 Å². The van der Waals surface area contributed by atoms with Crippen LogP contribution in [0.4, 0.5) is 0 Å². The molecule has 1 N–H and O–H groups in total. The molecule has 4 heteroatoms. The minimum atomic E-state index is 0.0429. The van der Waals surface area contributed by atoms with Crippen LogP contribution in [0.2, 0.25) is 0 Å². The summed E-state index contributed by atoms with van der Waals surface area (Å²) in [6.07, 6.45) is 0. The Morgan fingerprint density at radius 1 is 1.25 bits per heavy atom. The molecule has 1 heterocycles. The lowest BCUT2D eigenvalue weighted by Gasteiger charge is -2.05. The summed E-state index contributed by atoms with van der Waals surface area (Å²) < 4.78 is 6.73. The Kier molecular flexibility index (Phi) is 3.98. The van der Waals surface area contributed by atoms with E-state index in [-0.39, 0.29) is 6.61 Å². The van der Waals surface area contributed by atoms with Crippen LogP contribution in [-0.2, 0) is 13.2 Å². The van der Waals surface area contributed by atoms with Crippen molar-refractivity contribution in [3.05, 3.63) is 50.6 Å². The van der Waals surface area contributed by atoms with Gasteiger partial charge in [0.25, 0.3) is 0 Å². The molecule has 84 valence electrons. The number of aliphatic hydroxyl groups is 1. The smallest absolute Gasteiger partial charge is 0.120 e. The van der Waals surface area contributed by atoms with Gasteiger partial charge in [-0.25, -0.2) is 0 Å². The van der Waals surface area contributed by atoms with Crippen LogP contribution in [0, 0.1) is 0 Å². The molecule has 0 aliphatic heterocycles. The van der Waals surface area contributed by atoms with Crippen LogP contribution in [0.1, 0.15) is 11.1 Å². The van der Waals surface area contributed by atoms with E-state index in [2.05, 4.69) is 21.3 Å². The molecule has 0 aliphatic rings. The molecule has 16 heavy (non-hydrogen) atoms. The van der Waals surface area contributed by atoms with Crippen molar-refractivity contribution in [2.45, 2.75) is 13.2 Å². The maximum Gasteiger partial charge on any atom is 0.120 e. The lowest BCUT2D eigenvalue weighted by atomic mass is 10.2. The first-order valence-corrected chi connectivity index (χ1v) is 6.50. The Hall–Kier alpha value is -0.840. The summed E-state index contributed by atoms with van der Waals surface area (Å²) in [5.41, 5.74) is 2.01. The summed E-state index contributed by atoms with van der Waals surface area (Å²) >= 11 is 5.05. The quantitative estimate of drug-likeness (QED) is 0.935. The van der Waals surface area contributed by atoms with Crippen LogP contribution in [0.25, 0.3) is 0 Å². The van der Waals surface area contributed by atoms with Crippen LogP contribution in [0.15, 0.2) is 39.5 Å². The van der Waals surface area contributed by atoms with Gasteiger partial charge in [0.2, 0.25) is 0 Å². The van der Waals surface area contributed by atoms with E-state index in [9.17, 15) is 0 Å². The molecule has 0 aliphatic carbocycles. The first-order chi connectivity index (χ1) is 7.78. The fourth-order valence-corrected chi connectivity index (χ4v) is 2.52. The molecule has 1 aromatic heterocycles. The molecule has 1 aromatic carbocycles. The largest absolute Gasteiger partial charge is 0.489 e. The van der Waals surface area contributed by atoms with Gasteiger partial charge < -0.3 is 9.84 Å². The van der Waals surface area contributed by atoms with Gasteiger partial charge in [-0.15, -0.1) is 11.3 Å². The van der Waals surface area contributed by atoms with Gasteiger partial charge in [-0.2, -0.15) is 0 Å². The van der Waals surface area contributed by atoms with Gasteiger partial charge in [0.1, 0.15) is 12.4 Å². The summed E-state index contributed by atoms with van der Waals surface area (Å²) in [5, 5.41) is 11.0. The van der Waals surface area contributed by atoms with E-state index in [0.717, 1.165) is 20.7 Å². The van der Waals surface area contributed by atoms with Crippen molar-refractivity contribution in [2.24, 2.45) is 0 Å². The predicted molar refractivity (Wildman–Crippen MR) is 68.7 cm³/mol. The monoisotopic (exact) mass is 298 g/mol. The maximum atomic E-state index is 8.99. The highest BCUT2D eigenvalue weighted by Crippen LogP contribution is 2.22. The summed E-state index contributed by atoms with van der Waals surface area (Å²) in [5.74, 6) is 0.786. The van der Waals surface area contributed by atoms with Gasteiger partial charge >= 0.3 is 0 Å². The molecule has 2 nitrogen and oxygen atoms in total. The highest BCUT2D eigenvalue weighted by molar-refractivity contribution is 9.11. The van der Waals surface area contributed by atoms with Crippen molar-refractivity contribution in [3.63, 3.8) is 0 Å². The molecule has 0 spiro atoms. The third-order valence-electron chi connectivity index (χ3n) is 2.11. The molecule has 0 saturated carbocycles. The zero-order valence-corrected chi connectivity index (χ0v) is 10.9. The number of aliphatic hydroxyl groups excluding tert-OH is 1. The number of halogens is 1. The van der Waals surface area contributed by atoms with Crippen LogP contribution >= 0.6 is 27.3 Å². The SMILES string of the molecule is OCc1cccc(OCc2csc(Br)c2)c1. The first kappa shape index (κ1) is 11.6. The second kappa shape index (κ2) is 5.48. The summed E-state index contributed by atoms with van der Waals surface area (Å²) in [6, 6.07) is 9.53. The Morgan fingerprint density at radius 3 is 2.81 bits per heavy atom. The van der Waals surface area contributed by atoms with Gasteiger partial charge in [-0.05, 0) is 45.1 Å². The van der Waals surface area contributed by atoms with Crippen molar-refractivity contribution in [2.75, 3.05) is 0 Å². The van der Waals surface area contributed by atoms with E-state index >= 15 is 0 Å². The average Bonchev–Trinajstić information content (AvgIpc) is 2.73. The molecule has 2 rings (SSSR count). The van der Waals surface area contributed by atoms with Crippen molar-refractivity contribution < 1.29 is 9.84 Å². The summed E-state index contributed by atoms with van der Waals surface area (Å²) in [6.45, 7) is 0.595. The number of hydrogen-bond donors (Lipinski definition) is 1.